The summed E-state index contributed by atoms with van der Waals surface area (Å²) in [6.07, 6.45) is 8.30. The summed E-state index contributed by atoms with van der Waals surface area (Å²) in [4.78, 5) is 5.08. The molecular formula is C87H72N2. The van der Waals surface area contributed by atoms with Crippen LogP contribution in [-0.2, 0) is 21.7 Å². The number of hydrogen-bond donors (Lipinski definition) is 0. The van der Waals surface area contributed by atoms with Crippen molar-refractivity contribution in [2.45, 2.75) is 70.1 Å². The van der Waals surface area contributed by atoms with E-state index < -0.39 is 10.8 Å². The third kappa shape index (κ3) is 8.52. The highest BCUT2D eigenvalue weighted by atomic mass is 15.2. The molecule has 0 atom stereocenters. The fourth-order valence-electron chi connectivity index (χ4n) is 15.6. The van der Waals surface area contributed by atoms with Gasteiger partial charge in [0, 0.05) is 33.5 Å². The summed E-state index contributed by atoms with van der Waals surface area (Å²) in [5.41, 5.74) is 22.8. The van der Waals surface area contributed by atoms with Crippen LogP contribution in [-0.4, -0.2) is 0 Å². The Bertz CT molecular complexity index is 4860. The molecule has 15 rings (SSSR count). The van der Waals surface area contributed by atoms with Gasteiger partial charge in [-0.25, -0.2) is 0 Å². The minimum Gasteiger partial charge on any atom is -0.310 e. The fraction of sp³-hybridized carbons (Fsp3) is 0.126. The summed E-state index contributed by atoms with van der Waals surface area (Å²) in [7, 11) is 0. The molecule has 0 aliphatic heterocycles. The van der Waals surface area contributed by atoms with Crippen LogP contribution in [0.3, 0.4) is 0 Å². The number of benzene rings is 13. The van der Waals surface area contributed by atoms with Gasteiger partial charge in [0.25, 0.3) is 0 Å². The lowest BCUT2D eigenvalue weighted by atomic mass is 9.67. The Kier molecular flexibility index (Phi) is 13.2. The molecule has 0 aromatic heterocycles. The Morgan fingerprint density at radius 1 is 0.348 bits per heavy atom. The normalized spacial score (nSPS) is 14.0. The molecule has 2 aliphatic rings. The van der Waals surface area contributed by atoms with E-state index in [9.17, 15) is 0 Å². The van der Waals surface area contributed by atoms with E-state index in [2.05, 4.69) is 350 Å². The first-order chi connectivity index (χ1) is 43.3. The van der Waals surface area contributed by atoms with Crippen molar-refractivity contribution >= 4 is 66.4 Å². The molecule has 0 saturated heterocycles. The van der Waals surface area contributed by atoms with Gasteiger partial charge >= 0.3 is 0 Å². The molecule has 13 aromatic carbocycles. The predicted octanol–water partition coefficient (Wildman–Crippen LogP) is 23.5. The maximum atomic E-state index is 4.03. The van der Waals surface area contributed by atoms with Crippen molar-refractivity contribution in [2.24, 2.45) is 0 Å². The van der Waals surface area contributed by atoms with Crippen LogP contribution in [0, 0.1) is 0 Å². The number of allylic oxidation sites excluding steroid dienone is 5. The molecule has 13 aromatic rings. The third-order valence-corrected chi connectivity index (χ3v) is 19.4. The van der Waals surface area contributed by atoms with E-state index in [0.29, 0.717) is 0 Å². The quantitative estimate of drug-likeness (QED) is 0.0889. The molecule has 0 spiro atoms. The van der Waals surface area contributed by atoms with E-state index in [0.717, 1.165) is 34.1 Å². The second-order valence-corrected chi connectivity index (χ2v) is 26.4. The smallest absolute Gasteiger partial charge is 0.0714 e. The minimum atomic E-state index is -0.575. The number of fused-ring (bicyclic) bond motifs is 6. The number of anilines is 6. The molecule has 0 radical (unpaired) electrons. The molecule has 2 aliphatic carbocycles. The van der Waals surface area contributed by atoms with Crippen molar-refractivity contribution in [3.05, 3.63) is 360 Å². The van der Waals surface area contributed by atoms with Crippen LogP contribution in [0.2, 0.25) is 0 Å². The van der Waals surface area contributed by atoms with Crippen LogP contribution >= 0.6 is 0 Å². The molecule has 0 fully saturated rings. The molecule has 2 nitrogen and oxygen atoms in total. The van der Waals surface area contributed by atoms with Gasteiger partial charge in [0.1, 0.15) is 0 Å². The fourth-order valence-corrected chi connectivity index (χ4v) is 15.6. The lowest BCUT2D eigenvalue weighted by molar-refractivity contribution is 0.595. The molecule has 2 heteroatoms. The summed E-state index contributed by atoms with van der Waals surface area (Å²) in [6.45, 7) is 20.6. The summed E-state index contributed by atoms with van der Waals surface area (Å²) in [6, 6.07) is 103. The maximum absolute atomic E-state index is 4.03. The maximum Gasteiger partial charge on any atom is 0.0714 e. The van der Waals surface area contributed by atoms with Crippen LogP contribution < -0.4 is 9.80 Å². The highest BCUT2D eigenvalue weighted by Crippen LogP contribution is 2.60. The zero-order valence-corrected chi connectivity index (χ0v) is 51.9. The van der Waals surface area contributed by atoms with Gasteiger partial charge in [0.2, 0.25) is 0 Å². The van der Waals surface area contributed by atoms with Crippen molar-refractivity contribution < 1.29 is 0 Å². The number of rotatable bonds is 12. The summed E-state index contributed by atoms with van der Waals surface area (Å²) in [5.74, 6) is 0. The standard InChI is InChI=1S/C87H72N2/c1-9-10-14-31-58(2)86(74-46-25-21-42-66(74)67-43-22-26-47-75(67)86)60-34-29-40-64(54-60)88(62-36-17-12-18-37-62)80-56-78(84(3,4)5)70-51-53-73-81(57-79(85(6,7)8)71-50-52-72(80)82(70)83(71)73)89(63-38-19-13-20-39-63)65-41-30-35-61(55-65)87(59-32-15-11-16-33-59)76-48-27-23-44-68(76)69-45-24-28-49-77(69)87/h9-57H,1H2,2-8H3/b14-10-,58-31+. The first kappa shape index (κ1) is 55.3. The largest absolute Gasteiger partial charge is 0.310 e. The Hall–Kier alpha value is -10.3. The second kappa shape index (κ2) is 21.3. The predicted molar refractivity (Wildman–Crippen MR) is 379 cm³/mol. The van der Waals surface area contributed by atoms with E-state index >= 15 is 0 Å². The van der Waals surface area contributed by atoms with Gasteiger partial charge in [-0.05, 0) is 172 Å². The van der Waals surface area contributed by atoms with Gasteiger partial charge in [0.05, 0.1) is 22.2 Å². The topological polar surface area (TPSA) is 6.48 Å². The second-order valence-electron chi connectivity index (χ2n) is 26.4. The zero-order chi connectivity index (χ0) is 60.8. The summed E-state index contributed by atoms with van der Waals surface area (Å²) >= 11 is 0. The lowest BCUT2D eigenvalue weighted by Gasteiger charge is -2.36. The molecule has 430 valence electrons. The number of para-hydroxylation sites is 2. The first-order valence-corrected chi connectivity index (χ1v) is 31.4. The SMILES string of the molecule is C=C/C=C\C=C(/C)C1(c2cccc(N(c3ccccc3)c3cc(C(C)(C)C)c4ccc5c(N(c6ccccc6)c6cccc(C7(c8ccccc8)c8ccccc8-c8ccccc87)c6)cc(C(C)(C)C)c6ccc3c4c56)c2)c2ccccc2-c2ccccc21. The van der Waals surface area contributed by atoms with Gasteiger partial charge in [-0.15, -0.1) is 0 Å². The molecule has 0 N–H and O–H groups in total. The minimum absolute atomic E-state index is 0.233. The third-order valence-electron chi connectivity index (χ3n) is 19.4. The Morgan fingerprint density at radius 3 is 1.16 bits per heavy atom. The average molecular weight is 1150 g/mol. The van der Waals surface area contributed by atoms with Crippen molar-refractivity contribution in [1.29, 1.82) is 0 Å². The lowest BCUT2D eigenvalue weighted by Crippen LogP contribution is -2.29. The first-order valence-electron chi connectivity index (χ1n) is 31.4. The van der Waals surface area contributed by atoms with Crippen molar-refractivity contribution in [2.75, 3.05) is 9.80 Å². The molecule has 0 unspecified atom stereocenters. The molecule has 0 heterocycles. The molecule has 89 heavy (non-hydrogen) atoms. The molecule has 0 amide bonds. The highest BCUT2D eigenvalue weighted by Gasteiger charge is 2.48. The molecule has 0 bridgehead atoms. The Balaban J connectivity index is 1.00. The average Bonchev–Trinajstić information content (AvgIpc) is 1.72. The van der Waals surface area contributed by atoms with Gasteiger partial charge in [-0.2, -0.15) is 0 Å². The van der Waals surface area contributed by atoms with Crippen LogP contribution in [0.5, 0.6) is 0 Å². The van der Waals surface area contributed by atoms with Crippen LogP contribution in [0.15, 0.2) is 309 Å². The van der Waals surface area contributed by atoms with E-state index in [1.54, 1.807) is 0 Å². The Morgan fingerprint density at radius 2 is 0.708 bits per heavy atom. The zero-order valence-electron chi connectivity index (χ0n) is 51.9. The van der Waals surface area contributed by atoms with E-state index in [1.165, 1.54) is 110 Å². The van der Waals surface area contributed by atoms with Gasteiger partial charge in [-0.1, -0.05) is 290 Å². The van der Waals surface area contributed by atoms with Gasteiger partial charge in [0.15, 0.2) is 0 Å². The van der Waals surface area contributed by atoms with Crippen molar-refractivity contribution in [1.82, 2.24) is 0 Å². The summed E-state index contributed by atoms with van der Waals surface area (Å²) in [5, 5.41) is 7.51. The van der Waals surface area contributed by atoms with Crippen molar-refractivity contribution in [3.8, 4) is 22.3 Å². The number of hydrogen-bond acceptors (Lipinski definition) is 2. The van der Waals surface area contributed by atoms with Crippen LogP contribution in [0.4, 0.5) is 34.1 Å². The molecule has 0 saturated carbocycles. The monoisotopic (exact) mass is 1140 g/mol. The number of nitrogens with zero attached hydrogens (tertiary/aromatic N) is 2. The van der Waals surface area contributed by atoms with Gasteiger partial charge < -0.3 is 9.80 Å². The highest BCUT2D eigenvalue weighted by molar-refractivity contribution is 6.29. The van der Waals surface area contributed by atoms with E-state index in [4.69, 9.17) is 0 Å². The van der Waals surface area contributed by atoms with E-state index in [1.807, 2.05) is 12.2 Å². The van der Waals surface area contributed by atoms with Crippen LogP contribution in [0.1, 0.15) is 98.5 Å². The van der Waals surface area contributed by atoms with Crippen molar-refractivity contribution in [3.63, 3.8) is 0 Å². The Labute approximate surface area is 525 Å². The van der Waals surface area contributed by atoms with Crippen LogP contribution in [0.25, 0.3) is 54.6 Å². The van der Waals surface area contributed by atoms with E-state index in [-0.39, 0.29) is 10.8 Å². The van der Waals surface area contributed by atoms with Gasteiger partial charge in [-0.3, -0.25) is 0 Å². The summed E-state index contributed by atoms with van der Waals surface area (Å²) < 4.78 is 0. The molecular weight excluding hydrogens is 1070 g/mol.